The van der Waals surface area contributed by atoms with E-state index in [4.69, 9.17) is 28.6 Å². The van der Waals surface area contributed by atoms with E-state index in [2.05, 4.69) is 24.5 Å². The number of nitrogens with one attached hydrogen (secondary N) is 2. The van der Waals surface area contributed by atoms with Crippen LogP contribution < -0.4 is 14.5 Å². The molecular formula is C27H33Cl2N7O3S. The number of carbonyl (C=O) groups is 1. The Labute approximate surface area is 246 Å². The van der Waals surface area contributed by atoms with E-state index >= 15 is 0 Å². The van der Waals surface area contributed by atoms with Crippen LogP contribution in [0, 0.1) is 5.41 Å². The topological polar surface area (TPSA) is 123 Å². The molecule has 2 aliphatic heterocycles. The first kappa shape index (κ1) is 28.1. The summed E-state index contributed by atoms with van der Waals surface area (Å²) in [6, 6.07) is 12.1. The molecule has 1 fully saturated rings. The monoisotopic (exact) mass is 605 g/mol. The number of halogens is 2. The Hall–Kier alpha value is -3.41. The molecule has 2 aliphatic rings. The quantitative estimate of drug-likeness (QED) is 0.299. The van der Waals surface area contributed by atoms with Crippen molar-refractivity contribution in [3.8, 4) is 0 Å². The fraction of sp³-hybridized carbons (Fsp3) is 0.333. The first-order valence-corrected chi connectivity index (χ1v) is 15.1. The Kier molecular flexibility index (Phi) is 8.16. The number of hydrogen-bond donors (Lipinski definition) is 2. The molecule has 13 heteroatoms. The van der Waals surface area contributed by atoms with E-state index in [0.29, 0.717) is 31.2 Å². The fourth-order valence-electron chi connectivity index (χ4n) is 5.16. The van der Waals surface area contributed by atoms with Crippen LogP contribution in [-0.4, -0.2) is 74.2 Å². The number of benzene rings is 2. The van der Waals surface area contributed by atoms with E-state index < -0.39 is 10.0 Å². The van der Waals surface area contributed by atoms with E-state index in [1.807, 2.05) is 30.0 Å². The van der Waals surface area contributed by atoms with Crippen molar-refractivity contribution in [2.24, 2.45) is 0 Å². The highest BCUT2D eigenvalue weighted by atomic mass is 35.5. The molecular weight excluding hydrogens is 573 g/mol. The Morgan fingerprint density at radius 3 is 2.52 bits per heavy atom. The van der Waals surface area contributed by atoms with Gasteiger partial charge in [-0.2, -0.15) is 4.98 Å². The van der Waals surface area contributed by atoms with Gasteiger partial charge >= 0.3 is 0 Å². The first-order valence-electron chi connectivity index (χ1n) is 12.9. The Morgan fingerprint density at radius 1 is 1.10 bits per heavy atom. The Balaban J connectivity index is 0.00000242. The average molecular weight is 607 g/mol. The molecule has 0 spiro atoms. The molecule has 3 aromatic rings. The van der Waals surface area contributed by atoms with Crippen molar-refractivity contribution < 1.29 is 16.1 Å². The van der Waals surface area contributed by atoms with Crippen molar-refractivity contribution in [3.05, 3.63) is 70.1 Å². The molecule has 1 aromatic heterocycles. The van der Waals surface area contributed by atoms with Gasteiger partial charge in [-0.15, -0.1) is 0 Å². The zero-order chi connectivity index (χ0) is 28.4. The molecule has 214 valence electrons. The van der Waals surface area contributed by atoms with Gasteiger partial charge in [0, 0.05) is 64.4 Å². The second-order valence-electron chi connectivity index (χ2n) is 9.75. The summed E-state index contributed by atoms with van der Waals surface area (Å²) >= 11 is 12.0. The molecule has 1 saturated heterocycles. The third-order valence-corrected chi connectivity index (χ3v) is 9.07. The summed E-state index contributed by atoms with van der Waals surface area (Å²) in [4.78, 5) is 27.3. The van der Waals surface area contributed by atoms with Crippen LogP contribution in [0.25, 0.3) is 0 Å². The van der Waals surface area contributed by atoms with E-state index in [-0.39, 0.29) is 36.4 Å². The predicted molar refractivity (Wildman–Crippen MR) is 162 cm³/mol. The number of rotatable bonds is 7. The maximum atomic E-state index is 13.4. The van der Waals surface area contributed by atoms with Gasteiger partial charge in [-0.1, -0.05) is 11.6 Å². The van der Waals surface area contributed by atoms with Gasteiger partial charge in [-0.3, -0.25) is 9.52 Å². The van der Waals surface area contributed by atoms with Crippen molar-refractivity contribution in [3.63, 3.8) is 0 Å². The number of nitrogens with zero attached hydrogens (tertiary/aromatic N) is 5. The van der Waals surface area contributed by atoms with Crippen LogP contribution in [0.15, 0.2) is 53.6 Å². The molecule has 10 nitrogen and oxygen atoms in total. The summed E-state index contributed by atoms with van der Waals surface area (Å²) in [7, 11) is -3.96. The van der Waals surface area contributed by atoms with Crippen molar-refractivity contribution in [2.45, 2.75) is 30.7 Å². The van der Waals surface area contributed by atoms with Crippen LogP contribution in [0.5, 0.6) is 0 Å². The zero-order valence-corrected chi connectivity index (χ0v) is 24.2. The normalized spacial score (nSPS) is 16.3. The first-order chi connectivity index (χ1) is 19.2. The van der Waals surface area contributed by atoms with Gasteiger partial charge in [0.2, 0.25) is 11.2 Å². The summed E-state index contributed by atoms with van der Waals surface area (Å²) in [5, 5.41) is 8.03. The lowest BCUT2D eigenvalue weighted by atomic mass is 10.00. The maximum absolute atomic E-state index is 13.4. The molecule has 1 amide bonds. The minimum absolute atomic E-state index is 0. The van der Waals surface area contributed by atoms with E-state index in [1.165, 1.54) is 23.9 Å². The van der Waals surface area contributed by atoms with Crippen LogP contribution in [0.2, 0.25) is 10.3 Å². The van der Waals surface area contributed by atoms with Gasteiger partial charge in [0.1, 0.15) is 6.04 Å². The van der Waals surface area contributed by atoms with Crippen molar-refractivity contribution >= 4 is 62.5 Å². The summed E-state index contributed by atoms with van der Waals surface area (Å²) in [6.45, 7) is 5.22. The number of anilines is 3. The molecule has 5 rings (SSSR count). The maximum Gasteiger partial charge on any atom is 0.263 e. The fourth-order valence-corrected chi connectivity index (χ4v) is 6.52. The van der Waals surface area contributed by atoms with Crippen LogP contribution >= 0.6 is 23.2 Å². The van der Waals surface area contributed by atoms with Crippen LogP contribution in [0.1, 0.15) is 27.3 Å². The third kappa shape index (κ3) is 5.86. The standard InChI is InChI=1S/C27H29Cl2N7O3S.2H2/c1-18(36-10-2-3-19-15-21(28)4-9-24(19)36)26(37)35-13-11-34(12-14-35)22-5-7-23(8-6-22)40(38,39)33-25-20(16-30)17-31-27(29)32-25;;/h4-9,15-18,30H,2-3,10-14H2,1H3,(H,31,32,33);2*1H/t18-;;/m1../s1. The molecule has 0 saturated carbocycles. The molecule has 0 bridgehead atoms. The molecule has 40 heavy (non-hydrogen) atoms. The zero-order valence-electron chi connectivity index (χ0n) is 21.8. The van der Waals surface area contributed by atoms with Gasteiger partial charge in [-0.05, 0) is 79.4 Å². The third-order valence-electron chi connectivity index (χ3n) is 7.30. The molecule has 2 aromatic carbocycles. The van der Waals surface area contributed by atoms with Crippen LogP contribution in [0.3, 0.4) is 0 Å². The SMILES string of the molecule is C[C@H](C(=O)N1CCN(c2ccc(S(=O)(=O)Nc3nc(Cl)ncc3C=N)cc2)CC1)N1CCCc2cc(Cl)ccc21.[HH].[HH]. The Morgan fingerprint density at radius 2 is 1.82 bits per heavy atom. The molecule has 2 N–H and O–H groups in total. The second kappa shape index (κ2) is 11.6. The summed E-state index contributed by atoms with van der Waals surface area (Å²) in [5.74, 6) is 0.0371. The lowest BCUT2D eigenvalue weighted by Crippen LogP contribution is -2.55. The molecule has 3 heterocycles. The smallest absolute Gasteiger partial charge is 0.263 e. The van der Waals surface area contributed by atoms with Gasteiger partial charge in [-0.25, -0.2) is 13.4 Å². The van der Waals surface area contributed by atoms with Gasteiger partial charge < -0.3 is 20.1 Å². The van der Waals surface area contributed by atoms with Gasteiger partial charge in [0.05, 0.1) is 10.5 Å². The van der Waals surface area contributed by atoms with Gasteiger partial charge in [0.15, 0.2) is 5.82 Å². The van der Waals surface area contributed by atoms with E-state index in [0.717, 1.165) is 37.0 Å². The minimum atomic E-state index is -3.96. The number of carbonyl (C=O) groups excluding carboxylic acids is 1. The average Bonchev–Trinajstić information content (AvgIpc) is 2.96. The number of fused-ring (bicyclic) bond motifs is 1. The molecule has 0 radical (unpaired) electrons. The van der Waals surface area contributed by atoms with E-state index in [1.54, 1.807) is 12.1 Å². The Bertz CT molecular complexity index is 1540. The van der Waals surface area contributed by atoms with Crippen molar-refractivity contribution in [1.82, 2.24) is 14.9 Å². The number of hydrogen-bond acceptors (Lipinski definition) is 8. The summed E-state index contributed by atoms with van der Waals surface area (Å²) in [6.07, 6.45) is 4.16. The van der Waals surface area contributed by atoms with Gasteiger partial charge in [0.25, 0.3) is 10.0 Å². The number of aromatic nitrogens is 2. The summed E-state index contributed by atoms with van der Waals surface area (Å²) in [5.41, 5.74) is 3.32. The lowest BCUT2D eigenvalue weighted by molar-refractivity contribution is -0.132. The number of amides is 1. The number of piperazine rings is 1. The molecule has 0 aliphatic carbocycles. The van der Waals surface area contributed by atoms with Crippen LogP contribution in [-0.2, 0) is 21.2 Å². The number of sulfonamides is 1. The lowest BCUT2D eigenvalue weighted by Gasteiger charge is -2.41. The molecule has 0 unspecified atom stereocenters. The second-order valence-corrected chi connectivity index (χ2v) is 12.2. The molecule has 1 atom stereocenters. The highest BCUT2D eigenvalue weighted by Gasteiger charge is 2.31. The van der Waals surface area contributed by atoms with E-state index in [9.17, 15) is 13.2 Å². The van der Waals surface area contributed by atoms with Crippen LogP contribution in [0.4, 0.5) is 17.2 Å². The summed E-state index contributed by atoms with van der Waals surface area (Å²) < 4.78 is 28.2. The van der Waals surface area contributed by atoms with Crippen molar-refractivity contribution in [1.29, 1.82) is 5.41 Å². The predicted octanol–water partition coefficient (Wildman–Crippen LogP) is 4.56. The number of aryl methyl sites for hydroxylation is 1. The minimum Gasteiger partial charge on any atom is -0.368 e. The highest BCUT2D eigenvalue weighted by molar-refractivity contribution is 7.92. The van der Waals surface area contributed by atoms with Crippen molar-refractivity contribution in [2.75, 3.05) is 47.2 Å². The highest BCUT2D eigenvalue weighted by Crippen LogP contribution is 2.31. The largest absolute Gasteiger partial charge is 0.368 e.